The summed E-state index contributed by atoms with van der Waals surface area (Å²) in [7, 11) is 8.29. The molecule has 11 amide bonds. The molecule has 486 valence electrons. The molecule has 0 radical (unpaired) electrons. The first-order valence-corrected chi connectivity index (χ1v) is 30.5. The van der Waals surface area contributed by atoms with Crippen LogP contribution in [0.1, 0.15) is 123 Å². The Bertz CT molecular complexity index is 2890. The minimum Gasteiger partial charge on any atom is -0.351 e. The molecule has 2 aliphatic heterocycles. The van der Waals surface area contributed by atoms with Gasteiger partial charge in [0.15, 0.2) is 0 Å². The Kier molecular flexibility index (Phi) is 25.0. The van der Waals surface area contributed by atoms with Crippen molar-refractivity contribution in [3.05, 3.63) is 70.2 Å². The number of nitrogens with one attached hydrogen (secondary N) is 4. The average molecular weight is 1260 g/mol. The number of hydrogen-bond donors (Lipinski definition) is 4. The van der Waals surface area contributed by atoms with E-state index in [9.17, 15) is 61.1 Å². The minimum absolute atomic E-state index is 0.0399. The molecule has 22 nitrogen and oxygen atoms in total. The highest BCUT2D eigenvalue weighted by Crippen LogP contribution is 2.36. The third-order valence-corrected chi connectivity index (χ3v) is 18.0. The Morgan fingerprint density at radius 2 is 1.25 bits per heavy atom. The lowest BCUT2D eigenvalue weighted by molar-refractivity contribution is -0.150. The van der Waals surface area contributed by atoms with E-state index in [2.05, 4.69) is 21.3 Å². The lowest BCUT2D eigenvalue weighted by atomic mass is 9.92. The maximum absolute atomic E-state index is 15.0. The van der Waals surface area contributed by atoms with Crippen LogP contribution in [0.2, 0.25) is 5.02 Å². The minimum atomic E-state index is -4.76. The van der Waals surface area contributed by atoms with Gasteiger partial charge in [-0.25, -0.2) is 0 Å². The number of nitrogens with zero attached hydrogens (tertiary/aromatic N) is 7. The van der Waals surface area contributed by atoms with E-state index >= 15 is 4.79 Å². The van der Waals surface area contributed by atoms with Crippen LogP contribution in [-0.4, -0.2) is 215 Å². The van der Waals surface area contributed by atoms with Crippen molar-refractivity contribution in [1.82, 2.24) is 55.6 Å². The zero-order valence-corrected chi connectivity index (χ0v) is 53.7. The summed E-state index contributed by atoms with van der Waals surface area (Å²) >= 11 is 6.11. The van der Waals surface area contributed by atoms with Crippen molar-refractivity contribution >= 4 is 76.6 Å². The van der Waals surface area contributed by atoms with Gasteiger partial charge in [-0.3, -0.25) is 52.7 Å². The number of carbonyl (C=O) groups excluding carboxylic acids is 11. The van der Waals surface area contributed by atoms with E-state index in [0.717, 1.165) is 31.7 Å². The Labute approximate surface area is 519 Å². The zero-order chi connectivity index (χ0) is 65.9. The van der Waals surface area contributed by atoms with Gasteiger partial charge in [0.05, 0.1) is 23.7 Å². The lowest BCUT2D eigenvalue weighted by Crippen LogP contribution is -2.64. The summed E-state index contributed by atoms with van der Waals surface area (Å²) in [6.07, 6.45) is -2.98. The molecular formula is C62H89ClF3N11O11. The summed E-state index contributed by atoms with van der Waals surface area (Å²) in [5, 5.41) is 10.8. The van der Waals surface area contributed by atoms with Crippen LogP contribution in [0.4, 0.5) is 13.2 Å². The molecule has 9 atom stereocenters. The van der Waals surface area contributed by atoms with E-state index in [0.29, 0.717) is 36.8 Å². The monoisotopic (exact) mass is 1260 g/mol. The number of amides is 11. The van der Waals surface area contributed by atoms with Gasteiger partial charge in [-0.05, 0) is 94.4 Å². The number of hydrogen-bond acceptors (Lipinski definition) is 11. The molecule has 1 saturated carbocycles. The second-order valence-corrected chi connectivity index (χ2v) is 24.8. The topological polar surface area (TPSA) is 259 Å². The van der Waals surface area contributed by atoms with E-state index in [1.54, 1.807) is 58.0 Å². The number of likely N-dealkylation sites (N-methyl/N-ethyl adjacent to an activating group) is 6. The molecule has 1 unspecified atom stereocenters. The van der Waals surface area contributed by atoms with Gasteiger partial charge in [0, 0.05) is 67.7 Å². The molecule has 0 aromatic heterocycles. The number of benzene rings is 2. The highest BCUT2D eigenvalue weighted by Gasteiger charge is 2.50. The first-order valence-electron chi connectivity index (χ1n) is 30.1. The van der Waals surface area contributed by atoms with Crippen molar-refractivity contribution in [2.24, 2.45) is 11.8 Å². The summed E-state index contributed by atoms with van der Waals surface area (Å²) in [6, 6.07) is 2.45. The quantitative estimate of drug-likeness (QED) is 0.296. The number of rotatable bonds is 8. The summed E-state index contributed by atoms with van der Waals surface area (Å²) in [5.41, 5.74) is -1.65. The number of alkyl halides is 3. The molecule has 5 rings (SSSR count). The molecule has 3 aliphatic rings. The van der Waals surface area contributed by atoms with Gasteiger partial charge in [-0.1, -0.05) is 95.0 Å². The molecule has 2 heterocycles. The second-order valence-electron chi connectivity index (χ2n) is 24.4. The van der Waals surface area contributed by atoms with Crippen LogP contribution in [0.3, 0.4) is 0 Å². The Hall–Kier alpha value is -7.31. The number of aryl methyl sites for hydroxylation is 1. The van der Waals surface area contributed by atoms with Gasteiger partial charge in [-0.15, -0.1) is 0 Å². The van der Waals surface area contributed by atoms with E-state index in [1.807, 2.05) is 6.92 Å². The Morgan fingerprint density at radius 1 is 0.648 bits per heavy atom. The molecule has 1 spiro atoms. The first-order chi connectivity index (χ1) is 41.1. The Balaban J connectivity index is 1.55. The van der Waals surface area contributed by atoms with Crippen molar-refractivity contribution in [2.45, 2.75) is 179 Å². The standard InChI is InChI=1S/C62H89ClF3N11O11/c1-14-37(4)51-59(87)72(9)34-49(79)71(8)35-50(80)75(12)47(33-41-21-16-15-17-22-41)58(86)74(11)40(7)53(81)68-45(27-25-42-24-26-43(44(63)32-42)62(64,65)66)57(85)77-30-20-23-46(77)55(83)70-61(28-18-19-29-61)60(88)76(13)52(36(2)3)56(84)67-38(5)31-48(78)73(10)39(6)54(82)69-51/h15-17,21-22,24,26,32,36-40,45-47,51-52H,14,18-20,23,25,27-31,33-35H2,1-13H3,(H,67,84)(H,68,81)(H,69,82)(H,70,83)/t37?,38-,39+,40-,45+,46+,47+,51+,52+/m1/s1. The molecule has 2 aromatic rings. The van der Waals surface area contributed by atoms with Crippen LogP contribution in [0.5, 0.6) is 0 Å². The van der Waals surface area contributed by atoms with Crippen molar-refractivity contribution in [1.29, 1.82) is 0 Å². The van der Waals surface area contributed by atoms with Crippen molar-refractivity contribution < 1.29 is 65.9 Å². The molecular weight excluding hydrogens is 1170 g/mol. The number of halogens is 4. The highest BCUT2D eigenvalue weighted by atomic mass is 35.5. The van der Waals surface area contributed by atoms with Gasteiger partial charge < -0.3 is 55.6 Å². The normalized spacial score (nSPS) is 26.1. The number of carbonyl (C=O) groups is 11. The molecule has 1 aliphatic carbocycles. The highest BCUT2D eigenvalue weighted by molar-refractivity contribution is 6.31. The fourth-order valence-electron chi connectivity index (χ4n) is 11.6. The molecule has 88 heavy (non-hydrogen) atoms. The van der Waals surface area contributed by atoms with Gasteiger partial charge >= 0.3 is 6.18 Å². The van der Waals surface area contributed by atoms with Crippen LogP contribution in [-0.2, 0) is 71.8 Å². The fourth-order valence-corrected chi connectivity index (χ4v) is 11.9. The van der Waals surface area contributed by atoms with Crippen LogP contribution in [0, 0.1) is 11.8 Å². The Morgan fingerprint density at radius 3 is 1.84 bits per heavy atom. The van der Waals surface area contributed by atoms with E-state index in [-0.39, 0.29) is 51.5 Å². The lowest BCUT2D eigenvalue weighted by Gasteiger charge is -2.39. The predicted molar refractivity (Wildman–Crippen MR) is 322 cm³/mol. The van der Waals surface area contributed by atoms with E-state index in [1.165, 1.54) is 76.9 Å². The molecule has 2 aromatic carbocycles. The second kappa shape index (κ2) is 30.7. The summed E-state index contributed by atoms with van der Waals surface area (Å²) in [4.78, 5) is 166. The SMILES string of the molecule is CCC(C)[C@@H]1NC(=O)[C@H](C)N(C)C(=O)C[C@@H](C)NC(=O)[C@H](C(C)C)N(C)C(=O)C2(CCCC2)NC(=O)[C@@H]2CCCN2C(=O)[C@H](CCc2ccc(C(F)(F)F)c(Cl)c2)NC(=O)[C@@H](C)N(C)C(=O)[C@H](Cc2ccccc2)N(C)C(=O)CN(C)C(=O)CN(C)C1=O. The van der Waals surface area contributed by atoms with Crippen LogP contribution >= 0.6 is 11.6 Å². The third-order valence-electron chi connectivity index (χ3n) is 17.7. The predicted octanol–water partition coefficient (Wildman–Crippen LogP) is 3.80. The van der Waals surface area contributed by atoms with E-state index in [4.69, 9.17) is 11.6 Å². The molecule has 0 bridgehead atoms. The zero-order valence-electron chi connectivity index (χ0n) is 52.9. The molecule has 2 saturated heterocycles. The average Bonchev–Trinajstić information content (AvgIpc) is 3.81. The summed E-state index contributed by atoms with van der Waals surface area (Å²) in [5.74, 6) is -8.20. The van der Waals surface area contributed by atoms with Gasteiger partial charge in [-0.2, -0.15) is 13.2 Å². The fraction of sp³-hybridized carbons (Fsp3) is 0.629. The van der Waals surface area contributed by atoms with Crippen LogP contribution in [0.25, 0.3) is 0 Å². The first kappa shape index (κ1) is 71.4. The van der Waals surface area contributed by atoms with Crippen molar-refractivity contribution in [2.75, 3.05) is 61.9 Å². The summed E-state index contributed by atoms with van der Waals surface area (Å²) in [6.45, 7) is 10.5. The van der Waals surface area contributed by atoms with Crippen molar-refractivity contribution in [3.8, 4) is 0 Å². The van der Waals surface area contributed by atoms with E-state index < -0.39 is 161 Å². The maximum atomic E-state index is 15.0. The summed E-state index contributed by atoms with van der Waals surface area (Å²) < 4.78 is 41.3. The smallest absolute Gasteiger partial charge is 0.351 e. The molecule has 4 N–H and O–H groups in total. The molecule has 3 fully saturated rings. The number of fused-ring (bicyclic) bond motifs is 1. The molecule has 26 heteroatoms. The van der Waals surface area contributed by atoms with Gasteiger partial charge in [0.25, 0.3) is 0 Å². The largest absolute Gasteiger partial charge is 0.417 e. The van der Waals surface area contributed by atoms with Gasteiger partial charge in [0.2, 0.25) is 65.0 Å². The maximum Gasteiger partial charge on any atom is 0.417 e. The third kappa shape index (κ3) is 17.5. The van der Waals surface area contributed by atoms with Crippen molar-refractivity contribution in [3.63, 3.8) is 0 Å². The van der Waals surface area contributed by atoms with Crippen LogP contribution < -0.4 is 21.3 Å². The van der Waals surface area contributed by atoms with Gasteiger partial charge in [0.1, 0.15) is 47.8 Å². The van der Waals surface area contributed by atoms with Crippen LogP contribution in [0.15, 0.2) is 48.5 Å².